The molecule has 1 amide bonds. The highest BCUT2D eigenvalue weighted by Gasteiger charge is 2.13. The van der Waals surface area contributed by atoms with Crippen molar-refractivity contribution in [2.75, 3.05) is 20.3 Å². The Morgan fingerprint density at radius 1 is 1.33 bits per heavy atom. The summed E-state index contributed by atoms with van der Waals surface area (Å²) in [6.45, 7) is 2.42. The number of methoxy groups -OCH3 is 1. The molecule has 4 N–H and O–H groups in total. The molecule has 1 atom stereocenters. The Morgan fingerprint density at radius 3 is 2.48 bits per heavy atom. The molecule has 0 saturated heterocycles. The summed E-state index contributed by atoms with van der Waals surface area (Å²) in [7, 11) is -2.03. The molecule has 0 radical (unpaired) electrons. The second kappa shape index (κ2) is 8.08. The molecule has 7 nitrogen and oxygen atoms in total. The fourth-order valence-electron chi connectivity index (χ4n) is 1.50. The number of rotatable bonds is 8. The summed E-state index contributed by atoms with van der Waals surface area (Å²) in [6.07, 6.45) is 0. The van der Waals surface area contributed by atoms with Gasteiger partial charge < -0.3 is 15.8 Å². The van der Waals surface area contributed by atoms with Crippen LogP contribution in [0.3, 0.4) is 0 Å². The van der Waals surface area contributed by atoms with Crippen LogP contribution in [0.5, 0.6) is 0 Å². The van der Waals surface area contributed by atoms with Crippen LogP contribution in [0.2, 0.25) is 0 Å². The molecule has 0 saturated carbocycles. The summed E-state index contributed by atoms with van der Waals surface area (Å²) in [5.41, 5.74) is 6.22. The highest BCUT2D eigenvalue weighted by atomic mass is 32.2. The third kappa shape index (κ3) is 5.80. The van der Waals surface area contributed by atoms with Crippen molar-refractivity contribution < 1.29 is 17.9 Å². The first-order valence-corrected chi connectivity index (χ1v) is 7.96. The maximum Gasteiger partial charge on any atom is 0.240 e. The van der Waals surface area contributed by atoms with Gasteiger partial charge >= 0.3 is 0 Å². The van der Waals surface area contributed by atoms with Gasteiger partial charge in [-0.05, 0) is 24.6 Å². The van der Waals surface area contributed by atoms with Crippen molar-refractivity contribution in [1.29, 1.82) is 0 Å². The summed E-state index contributed by atoms with van der Waals surface area (Å²) in [5, 5.41) is 2.65. The third-order valence-electron chi connectivity index (χ3n) is 2.71. The highest BCUT2D eigenvalue weighted by molar-refractivity contribution is 7.89. The van der Waals surface area contributed by atoms with E-state index in [1.54, 1.807) is 19.1 Å². The molecule has 118 valence electrons. The molecule has 1 rings (SSSR count). The van der Waals surface area contributed by atoms with E-state index in [0.717, 1.165) is 5.56 Å². The molecule has 1 aromatic carbocycles. The molecule has 0 aliphatic heterocycles. The molecule has 0 spiro atoms. The van der Waals surface area contributed by atoms with Crippen molar-refractivity contribution >= 4 is 15.9 Å². The summed E-state index contributed by atoms with van der Waals surface area (Å²) in [5.74, 6) is -0.257. The quantitative estimate of drug-likeness (QED) is 0.564. The van der Waals surface area contributed by atoms with Crippen molar-refractivity contribution in [2.24, 2.45) is 5.73 Å². The van der Waals surface area contributed by atoms with E-state index in [-0.39, 0.29) is 17.3 Å². The zero-order chi connectivity index (χ0) is 15.9. The van der Waals surface area contributed by atoms with Crippen LogP contribution in [0.25, 0.3) is 0 Å². The number of amides is 1. The maximum atomic E-state index is 11.9. The number of carbonyl (C=O) groups excluding carboxylic acids is 1. The molecule has 0 heterocycles. The predicted molar refractivity (Wildman–Crippen MR) is 79.0 cm³/mol. The van der Waals surface area contributed by atoms with Crippen LogP contribution in [0.15, 0.2) is 29.2 Å². The van der Waals surface area contributed by atoms with E-state index in [9.17, 15) is 13.2 Å². The molecular weight excluding hydrogens is 294 g/mol. The number of hydrogen-bond acceptors (Lipinski definition) is 5. The number of ether oxygens (including phenoxy) is 1. The van der Waals surface area contributed by atoms with Gasteiger partial charge in [0, 0.05) is 20.2 Å². The Hall–Kier alpha value is -1.48. The zero-order valence-electron chi connectivity index (χ0n) is 12.1. The SMILES string of the molecule is COCCNS(=O)(=O)c1ccc(CNC(=O)[C@@H](C)N)cc1. The first-order valence-electron chi connectivity index (χ1n) is 6.47. The topological polar surface area (TPSA) is 111 Å². The molecule has 0 aliphatic carbocycles. The minimum absolute atomic E-state index is 0.167. The first kappa shape index (κ1) is 17.6. The van der Waals surface area contributed by atoms with E-state index in [2.05, 4.69) is 10.0 Å². The van der Waals surface area contributed by atoms with E-state index < -0.39 is 16.1 Å². The second-order valence-corrected chi connectivity index (χ2v) is 6.31. The maximum absolute atomic E-state index is 11.9. The van der Waals surface area contributed by atoms with Crippen LogP contribution >= 0.6 is 0 Å². The van der Waals surface area contributed by atoms with Crippen LogP contribution in [0.1, 0.15) is 12.5 Å². The van der Waals surface area contributed by atoms with Crippen molar-refractivity contribution in [3.63, 3.8) is 0 Å². The number of nitrogens with one attached hydrogen (secondary N) is 2. The van der Waals surface area contributed by atoms with E-state index in [4.69, 9.17) is 10.5 Å². The third-order valence-corrected chi connectivity index (χ3v) is 4.19. The van der Waals surface area contributed by atoms with Gasteiger partial charge in [-0.15, -0.1) is 0 Å². The molecule has 0 fully saturated rings. The largest absolute Gasteiger partial charge is 0.383 e. The molecule has 0 unspecified atom stereocenters. The van der Waals surface area contributed by atoms with Crippen LogP contribution < -0.4 is 15.8 Å². The van der Waals surface area contributed by atoms with Crippen LogP contribution in [0.4, 0.5) is 0 Å². The lowest BCUT2D eigenvalue weighted by Gasteiger charge is -2.09. The zero-order valence-corrected chi connectivity index (χ0v) is 12.9. The first-order chi connectivity index (χ1) is 9.86. The molecule has 1 aromatic rings. The smallest absolute Gasteiger partial charge is 0.240 e. The van der Waals surface area contributed by atoms with Gasteiger partial charge in [0.25, 0.3) is 0 Å². The lowest BCUT2D eigenvalue weighted by Crippen LogP contribution is -2.37. The van der Waals surface area contributed by atoms with E-state index in [1.807, 2.05) is 0 Å². The highest BCUT2D eigenvalue weighted by Crippen LogP contribution is 2.10. The van der Waals surface area contributed by atoms with Gasteiger partial charge in [0.05, 0.1) is 17.5 Å². The van der Waals surface area contributed by atoms with Gasteiger partial charge in [0.1, 0.15) is 0 Å². The average Bonchev–Trinajstić information content (AvgIpc) is 2.45. The van der Waals surface area contributed by atoms with Crippen molar-refractivity contribution in [2.45, 2.75) is 24.4 Å². The van der Waals surface area contributed by atoms with Gasteiger partial charge in [0.2, 0.25) is 15.9 Å². The summed E-state index contributed by atoms with van der Waals surface area (Å²) in [6, 6.07) is 5.69. The second-order valence-electron chi connectivity index (χ2n) is 4.54. The van der Waals surface area contributed by atoms with E-state index in [1.165, 1.54) is 19.2 Å². The summed E-state index contributed by atoms with van der Waals surface area (Å²) in [4.78, 5) is 11.5. The summed E-state index contributed by atoms with van der Waals surface area (Å²) < 4.78 is 31.1. The average molecular weight is 315 g/mol. The van der Waals surface area contributed by atoms with Gasteiger partial charge in [-0.3, -0.25) is 4.79 Å². The number of nitrogens with two attached hydrogens (primary N) is 1. The fraction of sp³-hybridized carbons (Fsp3) is 0.462. The fourth-order valence-corrected chi connectivity index (χ4v) is 2.51. The van der Waals surface area contributed by atoms with Crippen molar-refractivity contribution in [1.82, 2.24) is 10.0 Å². The molecule has 8 heteroatoms. The van der Waals surface area contributed by atoms with Crippen LogP contribution in [-0.4, -0.2) is 40.6 Å². The molecule has 0 aliphatic rings. The normalized spacial score (nSPS) is 12.9. The van der Waals surface area contributed by atoms with E-state index >= 15 is 0 Å². The van der Waals surface area contributed by atoms with Crippen LogP contribution in [-0.2, 0) is 26.1 Å². The Morgan fingerprint density at radius 2 is 1.95 bits per heavy atom. The molecule has 0 aromatic heterocycles. The molecular formula is C13H21N3O4S. The minimum atomic E-state index is -3.53. The molecule has 0 bridgehead atoms. The number of carbonyl (C=O) groups is 1. The van der Waals surface area contributed by atoms with Gasteiger partial charge in [-0.2, -0.15) is 0 Å². The minimum Gasteiger partial charge on any atom is -0.383 e. The van der Waals surface area contributed by atoms with Crippen LogP contribution in [0, 0.1) is 0 Å². The van der Waals surface area contributed by atoms with E-state index in [0.29, 0.717) is 13.2 Å². The summed E-state index contributed by atoms with van der Waals surface area (Å²) >= 11 is 0. The van der Waals surface area contributed by atoms with Gasteiger partial charge in [-0.1, -0.05) is 12.1 Å². The Balaban J connectivity index is 2.63. The Bertz CT molecular complexity index is 555. The predicted octanol–water partition coefficient (Wildman–Crippen LogP) is -0.425. The lowest BCUT2D eigenvalue weighted by molar-refractivity contribution is -0.122. The van der Waals surface area contributed by atoms with Gasteiger partial charge in [-0.25, -0.2) is 13.1 Å². The van der Waals surface area contributed by atoms with Crippen molar-refractivity contribution in [3.05, 3.63) is 29.8 Å². The molecule has 21 heavy (non-hydrogen) atoms. The number of benzene rings is 1. The monoisotopic (exact) mass is 315 g/mol. The number of sulfonamides is 1. The van der Waals surface area contributed by atoms with Crippen molar-refractivity contribution in [3.8, 4) is 0 Å². The Kier molecular flexibility index (Phi) is 6.76. The Labute approximate surface area is 124 Å². The number of hydrogen-bond donors (Lipinski definition) is 3. The van der Waals surface area contributed by atoms with Gasteiger partial charge in [0.15, 0.2) is 0 Å². The standard InChI is InChI=1S/C13H21N3O4S/c1-10(14)13(17)15-9-11-3-5-12(6-4-11)21(18,19)16-7-8-20-2/h3-6,10,16H,7-9,14H2,1-2H3,(H,15,17)/t10-/m1/s1. The lowest BCUT2D eigenvalue weighted by atomic mass is 10.2.